The second-order valence-electron chi connectivity index (χ2n) is 16.0. The van der Waals surface area contributed by atoms with E-state index in [4.69, 9.17) is 15.9 Å². The van der Waals surface area contributed by atoms with Crippen molar-refractivity contribution in [1.82, 2.24) is 0 Å². The predicted molar refractivity (Wildman–Crippen MR) is 181 cm³/mol. The average Bonchev–Trinajstić information content (AvgIpc) is 3.36. The minimum atomic E-state index is -0.0216. The Labute approximate surface area is 269 Å². The first-order valence-electron chi connectivity index (χ1n) is 18.2. The molecule has 242 valence electrons. The largest absolute Gasteiger partial charge is 0.494 e. The van der Waals surface area contributed by atoms with Gasteiger partial charge in [0.2, 0.25) is 0 Å². The maximum atomic E-state index is 12.7. The van der Waals surface area contributed by atoms with Gasteiger partial charge < -0.3 is 9.47 Å². The number of hydrogen-bond donors (Lipinski definition) is 0. The van der Waals surface area contributed by atoms with Gasteiger partial charge in [0.25, 0.3) is 0 Å². The first-order chi connectivity index (χ1) is 21.1. The van der Waals surface area contributed by atoms with E-state index in [1.165, 1.54) is 57.8 Å². The summed E-state index contributed by atoms with van der Waals surface area (Å²) in [4.78, 5) is 12.7. The average molecular weight is 601 g/mol. The van der Waals surface area contributed by atoms with Gasteiger partial charge in [-0.3, -0.25) is 4.79 Å². The van der Waals surface area contributed by atoms with Crippen molar-refractivity contribution >= 4 is 5.97 Å². The summed E-state index contributed by atoms with van der Waals surface area (Å²) < 4.78 is 11.9. The molecule has 0 heterocycles. The fraction of sp³-hybridized carbons (Fsp3) is 0.732. The Kier molecular flexibility index (Phi) is 10.9. The molecule has 44 heavy (non-hydrogen) atoms. The number of unbranched alkanes of at least 4 members (excludes halogenated alkanes) is 2. The first-order valence-corrected chi connectivity index (χ1v) is 18.2. The molecule has 5 rings (SSSR count). The Morgan fingerprint density at radius 1 is 0.955 bits per heavy atom. The van der Waals surface area contributed by atoms with Crippen LogP contribution in [0, 0.1) is 58.7 Å². The van der Waals surface area contributed by atoms with Crippen LogP contribution in [0.25, 0.3) is 0 Å². The van der Waals surface area contributed by atoms with Crippen LogP contribution in [0.15, 0.2) is 35.9 Å². The molecule has 3 nitrogen and oxygen atoms in total. The van der Waals surface area contributed by atoms with Gasteiger partial charge in [0.05, 0.1) is 6.61 Å². The standard InChI is InChI=1S/C41H60O3/c1-7-31-15-18-33(19-16-31)43-27-10-8-9-14-39(42)44-34-23-25-40(5)32(28-34)17-20-35-37-22-21-36(30(4)13-11-12-29(2)3)41(37,6)26-24-38(35)40/h1,15-19,29-30,34-38H,8-14,20-28H2,2-6H3/t30-,34+,35+,36-,37+,38+,40+,41-/m1/s1. The molecule has 1 aromatic rings. The monoisotopic (exact) mass is 600 g/mol. The Morgan fingerprint density at radius 2 is 1.75 bits per heavy atom. The number of ether oxygens (including phenoxy) is 2. The van der Waals surface area contributed by atoms with Crippen LogP contribution >= 0.6 is 0 Å². The lowest BCUT2D eigenvalue weighted by atomic mass is 9.47. The Morgan fingerprint density at radius 3 is 2.50 bits per heavy atom. The summed E-state index contributed by atoms with van der Waals surface area (Å²) in [6.45, 7) is 13.2. The maximum absolute atomic E-state index is 12.7. The molecule has 3 heteroatoms. The van der Waals surface area contributed by atoms with Crippen molar-refractivity contribution in [1.29, 1.82) is 0 Å². The van der Waals surface area contributed by atoms with Crippen LogP contribution in [0.3, 0.4) is 0 Å². The van der Waals surface area contributed by atoms with Crippen molar-refractivity contribution in [2.45, 2.75) is 137 Å². The van der Waals surface area contributed by atoms with Crippen molar-refractivity contribution in [3.8, 4) is 18.1 Å². The van der Waals surface area contributed by atoms with E-state index in [-0.39, 0.29) is 12.1 Å². The highest BCUT2D eigenvalue weighted by molar-refractivity contribution is 5.69. The van der Waals surface area contributed by atoms with E-state index in [1.54, 1.807) is 5.57 Å². The Balaban J connectivity index is 1.06. The number of carbonyl (C=O) groups excluding carboxylic acids is 1. The highest BCUT2D eigenvalue weighted by Crippen LogP contribution is 2.67. The molecule has 8 atom stereocenters. The van der Waals surface area contributed by atoms with E-state index in [1.807, 2.05) is 24.3 Å². The first kappa shape index (κ1) is 33.2. The second kappa shape index (κ2) is 14.5. The van der Waals surface area contributed by atoms with Gasteiger partial charge in [-0.05, 0) is 135 Å². The fourth-order valence-corrected chi connectivity index (χ4v) is 10.4. The number of esters is 1. The summed E-state index contributed by atoms with van der Waals surface area (Å²) in [5.41, 5.74) is 3.30. The third-order valence-corrected chi connectivity index (χ3v) is 12.9. The highest BCUT2D eigenvalue weighted by atomic mass is 16.5. The lowest BCUT2D eigenvalue weighted by molar-refractivity contribution is -0.151. The minimum Gasteiger partial charge on any atom is -0.494 e. The van der Waals surface area contributed by atoms with Crippen LogP contribution in [0.1, 0.15) is 136 Å². The molecule has 0 aromatic heterocycles. The zero-order valence-corrected chi connectivity index (χ0v) is 28.5. The molecule has 4 aliphatic rings. The van der Waals surface area contributed by atoms with E-state index >= 15 is 0 Å². The predicted octanol–water partition coefficient (Wildman–Crippen LogP) is 10.6. The Bertz CT molecular complexity index is 1170. The molecular weight excluding hydrogens is 540 g/mol. The third kappa shape index (κ3) is 7.26. The van der Waals surface area contributed by atoms with Gasteiger partial charge >= 0.3 is 5.97 Å². The SMILES string of the molecule is C#Cc1ccc(OCCCCCC(=O)O[C@H]2CC[C@@]3(C)C(=CC[C@H]4[C@@H]5CC[C@H]([C@H](C)CCCC(C)C)[C@@]5(C)CC[C@@H]43)C2)cc1. The number of terminal acetylenes is 1. The molecular formula is C41H60O3. The van der Waals surface area contributed by atoms with Crippen LogP contribution in [0.4, 0.5) is 0 Å². The lowest BCUT2D eigenvalue weighted by Gasteiger charge is -2.58. The van der Waals surface area contributed by atoms with E-state index in [9.17, 15) is 4.79 Å². The van der Waals surface area contributed by atoms with Gasteiger partial charge in [0, 0.05) is 18.4 Å². The Hall–Kier alpha value is -2.21. The van der Waals surface area contributed by atoms with Gasteiger partial charge in [-0.25, -0.2) is 0 Å². The zero-order valence-electron chi connectivity index (χ0n) is 28.5. The van der Waals surface area contributed by atoms with E-state index in [0.717, 1.165) is 78.9 Å². The molecule has 0 bridgehead atoms. The van der Waals surface area contributed by atoms with E-state index in [0.29, 0.717) is 23.9 Å². The maximum Gasteiger partial charge on any atom is 0.306 e. The topological polar surface area (TPSA) is 35.5 Å². The summed E-state index contributed by atoms with van der Waals surface area (Å²) >= 11 is 0. The summed E-state index contributed by atoms with van der Waals surface area (Å²) in [6.07, 6.45) is 25.6. The summed E-state index contributed by atoms with van der Waals surface area (Å²) in [5, 5.41) is 0. The van der Waals surface area contributed by atoms with E-state index in [2.05, 4.69) is 46.6 Å². The van der Waals surface area contributed by atoms with Crippen LogP contribution in [0.2, 0.25) is 0 Å². The van der Waals surface area contributed by atoms with Gasteiger partial charge in [0.15, 0.2) is 0 Å². The molecule has 0 amide bonds. The van der Waals surface area contributed by atoms with Crippen molar-refractivity contribution in [2.75, 3.05) is 6.61 Å². The second-order valence-corrected chi connectivity index (χ2v) is 16.0. The highest BCUT2D eigenvalue weighted by Gasteiger charge is 2.59. The normalized spacial score (nSPS) is 33.4. The molecule has 0 aliphatic heterocycles. The number of fused-ring (bicyclic) bond motifs is 5. The molecule has 0 unspecified atom stereocenters. The zero-order chi connectivity index (χ0) is 31.3. The molecule has 4 aliphatic carbocycles. The van der Waals surface area contributed by atoms with Gasteiger partial charge in [0.1, 0.15) is 11.9 Å². The van der Waals surface area contributed by atoms with Crippen LogP contribution in [-0.4, -0.2) is 18.7 Å². The van der Waals surface area contributed by atoms with Crippen LogP contribution in [-0.2, 0) is 9.53 Å². The summed E-state index contributed by atoms with van der Waals surface area (Å²) in [5.74, 6) is 8.59. The number of carbonyl (C=O) groups is 1. The third-order valence-electron chi connectivity index (χ3n) is 12.9. The van der Waals surface area contributed by atoms with Crippen molar-refractivity contribution in [2.24, 2.45) is 46.3 Å². The number of hydrogen-bond acceptors (Lipinski definition) is 3. The molecule has 3 fully saturated rings. The molecule has 0 saturated heterocycles. The summed E-state index contributed by atoms with van der Waals surface area (Å²) in [6, 6.07) is 7.62. The van der Waals surface area contributed by atoms with Gasteiger partial charge in [-0.15, -0.1) is 6.42 Å². The molecule has 3 saturated carbocycles. The molecule has 0 radical (unpaired) electrons. The smallest absolute Gasteiger partial charge is 0.306 e. The minimum absolute atomic E-state index is 0.0216. The number of allylic oxidation sites excluding steroid dienone is 1. The number of benzene rings is 1. The van der Waals surface area contributed by atoms with Crippen LogP contribution in [0.5, 0.6) is 5.75 Å². The van der Waals surface area contributed by atoms with Gasteiger partial charge in [-0.1, -0.05) is 71.5 Å². The van der Waals surface area contributed by atoms with E-state index < -0.39 is 0 Å². The molecule has 0 spiro atoms. The van der Waals surface area contributed by atoms with Crippen LogP contribution < -0.4 is 4.74 Å². The van der Waals surface area contributed by atoms with Crippen molar-refractivity contribution < 1.29 is 14.3 Å². The fourth-order valence-electron chi connectivity index (χ4n) is 10.4. The summed E-state index contributed by atoms with van der Waals surface area (Å²) in [7, 11) is 0. The van der Waals surface area contributed by atoms with Crippen molar-refractivity contribution in [3.05, 3.63) is 41.5 Å². The van der Waals surface area contributed by atoms with Crippen molar-refractivity contribution in [3.63, 3.8) is 0 Å². The number of rotatable bonds is 13. The lowest BCUT2D eigenvalue weighted by Crippen LogP contribution is -2.51. The molecule has 0 N–H and O–H groups in total. The molecule has 1 aromatic carbocycles. The quantitative estimate of drug-likeness (QED) is 0.0978. The van der Waals surface area contributed by atoms with Gasteiger partial charge in [-0.2, -0.15) is 0 Å².